The van der Waals surface area contributed by atoms with Gasteiger partial charge in [-0.2, -0.15) is 0 Å². The lowest BCUT2D eigenvalue weighted by atomic mass is 10.0. The van der Waals surface area contributed by atoms with E-state index < -0.39 is 16.1 Å². The molecule has 0 aromatic heterocycles. The van der Waals surface area contributed by atoms with Crippen LogP contribution in [0, 0.1) is 5.92 Å². The molecule has 0 radical (unpaired) electrons. The van der Waals surface area contributed by atoms with Crippen LogP contribution in [0.4, 0.5) is 5.69 Å². The maximum absolute atomic E-state index is 12.7. The number of sulfonamides is 1. The molecule has 0 aliphatic carbocycles. The molecule has 2 N–H and O–H groups in total. The number of hydrogen-bond acceptors (Lipinski definition) is 4. The maximum atomic E-state index is 12.7. The van der Waals surface area contributed by atoms with Gasteiger partial charge in [-0.05, 0) is 49.4 Å². The number of likely N-dealkylation sites (tertiary alicyclic amines) is 1. The number of amides is 2. The van der Waals surface area contributed by atoms with Crippen molar-refractivity contribution in [3.63, 3.8) is 0 Å². The zero-order chi connectivity index (χ0) is 20.0. The standard InChI is InChI=1S/C19H29N3O4S/c1-14(2)18(13-19(24)22-11-5-4-6-12-22)21-27(25,26)17-9-7-16(8-10-17)20-15(3)23/h7-10,14,18,21H,4-6,11-13H2,1-3H3,(H,20,23). The lowest BCUT2D eigenvalue weighted by Crippen LogP contribution is -2.44. The van der Waals surface area contributed by atoms with Crippen molar-refractivity contribution >= 4 is 27.5 Å². The van der Waals surface area contributed by atoms with Gasteiger partial charge in [0.25, 0.3) is 0 Å². The Labute approximate surface area is 161 Å². The Hall–Kier alpha value is -1.93. The predicted molar refractivity (Wildman–Crippen MR) is 105 cm³/mol. The molecule has 1 saturated heterocycles. The molecular weight excluding hydrogens is 366 g/mol. The van der Waals surface area contributed by atoms with E-state index in [1.807, 2.05) is 18.7 Å². The number of anilines is 1. The molecule has 0 saturated carbocycles. The molecule has 2 amide bonds. The number of rotatable bonds is 7. The summed E-state index contributed by atoms with van der Waals surface area (Å²) in [6.07, 6.45) is 3.30. The average molecular weight is 396 g/mol. The van der Waals surface area contributed by atoms with Crippen molar-refractivity contribution in [3.8, 4) is 0 Å². The molecule has 1 aromatic carbocycles. The fraction of sp³-hybridized carbons (Fsp3) is 0.579. The first-order valence-electron chi connectivity index (χ1n) is 9.37. The van der Waals surface area contributed by atoms with Crippen LogP contribution in [0.2, 0.25) is 0 Å². The molecule has 1 aliphatic heterocycles. The van der Waals surface area contributed by atoms with Gasteiger partial charge in [-0.25, -0.2) is 13.1 Å². The van der Waals surface area contributed by atoms with Gasteiger partial charge in [0.05, 0.1) is 4.90 Å². The molecule has 27 heavy (non-hydrogen) atoms. The molecule has 1 fully saturated rings. The van der Waals surface area contributed by atoms with Crippen LogP contribution in [0.15, 0.2) is 29.2 Å². The Morgan fingerprint density at radius 1 is 1.07 bits per heavy atom. The highest BCUT2D eigenvalue weighted by Gasteiger charge is 2.27. The SMILES string of the molecule is CC(=O)Nc1ccc(S(=O)(=O)NC(CC(=O)N2CCCCC2)C(C)C)cc1. The van der Waals surface area contributed by atoms with Crippen molar-refractivity contribution < 1.29 is 18.0 Å². The van der Waals surface area contributed by atoms with Crippen LogP contribution in [-0.4, -0.2) is 44.3 Å². The summed E-state index contributed by atoms with van der Waals surface area (Å²) < 4.78 is 28.1. The zero-order valence-corrected chi connectivity index (χ0v) is 17.0. The molecule has 0 spiro atoms. The van der Waals surface area contributed by atoms with Gasteiger partial charge in [0.2, 0.25) is 21.8 Å². The molecular formula is C19H29N3O4S. The number of nitrogens with one attached hydrogen (secondary N) is 2. The number of carbonyl (C=O) groups is 2. The Morgan fingerprint density at radius 2 is 1.67 bits per heavy atom. The van der Waals surface area contributed by atoms with E-state index >= 15 is 0 Å². The fourth-order valence-corrected chi connectivity index (χ4v) is 4.45. The minimum atomic E-state index is -3.76. The van der Waals surface area contributed by atoms with Crippen molar-refractivity contribution in [2.45, 2.75) is 57.4 Å². The van der Waals surface area contributed by atoms with Crippen LogP contribution in [0.5, 0.6) is 0 Å². The molecule has 1 unspecified atom stereocenters. The number of carbonyl (C=O) groups excluding carboxylic acids is 2. The van der Waals surface area contributed by atoms with Crippen LogP contribution >= 0.6 is 0 Å². The highest BCUT2D eigenvalue weighted by Crippen LogP contribution is 2.18. The van der Waals surface area contributed by atoms with Crippen molar-refractivity contribution in [2.75, 3.05) is 18.4 Å². The normalized spacial score (nSPS) is 16.2. The van der Waals surface area contributed by atoms with Crippen molar-refractivity contribution in [1.29, 1.82) is 0 Å². The summed E-state index contributed by atoms with van der Waals surface area (Å²) in [5.74, 6) is -0.246. The molecule has 1 atom stereocenters. The molecule has 2 rings (SSSR count). The zero-order valence-electron chi connectivity index (χ0n) is 16.2. The largest absolute Gasteiger partial charge is 0.343 e. The van der Waals surface area contributed by atoms with Crippen molar-refractivity contribution in [2.24, 2.45) is 5.92 Å². The van der Waals surface area contributed by atoms with Crippen LogP contribution < -0.4 is 10.0 Å². The summed E-state index contributed by atoms with van der Waals surface area (Å²) in [5.41, 5.74) is 0.530. The molecule has 150 valence electrons. The van der Waals surface area contributed by atoms with E-state index in [1.54, 1.807) is 12.1 Å². The van der Waals surface area contributed by atoms with Crippen LogP contribution in [0.3, 0.4) is 0 Å². The van der Waals surface area contributed by atoms with Gasteiger partial charge in [-0.15, -0.1) is 0 Å². The molecule has 1 aromatic rings. The van der Waals surface area contributed by atoms with Crippen LogP contribution in [0.25, 0.3) is 0 Å². The van der Waals surface area contributed by atoms with Gasteiger partial charge in [-0.1, -0.05) is 13.8 Å². The third kappa shape index (κ3) is 6.32. The molecule has 7 nitrogen and oxygen atoms in total. The van der Waals surface area contributed by atoms with Gasteiger partial charge in [-0.3, -0.25) is 9.59 Å². The van der Waals surface area contributed by atoms with Gasteiger partial charge < -0.3 is 10.2 Å². The van der Waals surface area contributed by atoms with Gasteiger partial charge in [0.1, 0.15) is 0 Å². The Balaban J connectivity index is 2.07. The average Bonchev–Trinajstić information content (AvgIpc) is 2.61. The lowest BCUT2D eigenvalue weighted by Gasteiger charge is -2.29. The first-order chi connectivity index (χ1) is 12.7. The van der Waals surface area contributed by atoms with E-state index in [2.05, 4.69) is 10.0 Å². The quantitative estimate of drug-likeness (QED) is 0.741. The van der Waals surface area contributed by atoms with Crippen LogP contribution in [0.1, 0.15) is 46.5 Å². The second-order valence-electron chi connectivity index (χ2n) is 7.32. The third-order valence-electron chi connectivity index (χ3n) is 4.70. The first kappa shape index (κ1) is 21.4. The first-order valence-corrected chi connectivity index (χ1v) is 10.8. The fourth-order valence-electron chi connectivity index (χ4n) is 3.06. The smallest absolute Gasteiger partial charge is 0.240 e. The van der Waals surface area contributed by atoms with E-state index in [4.69, 9.17) is 0 Å². The highest BCUT2D eigenvalue weighted by atomic mass is 32.2. The highest BCUT2D eigenvalue weighted by molar-refractivity contribution is 7.89. The molecule has 1 heterocycles. The minimum Gasteiger partial charge on any atom is -0.343 e. The van der Waals surface area contributed by atoms with E-state index in [9.17, 15) is 18.0 Å². The minimum absolute atomic E-state index is 0.00268. The summed E-state index contributed by atoms with van der Waals surface area (Å²) in [7, 11) is -3.76. The van der Waals surface area contributed by atoms with E-state index in [1.165, 1.54) is 19.1 Å². The Kier molecular flexibility index (Phi) is 7.38. The van der Waals surface area contributed by atoms with Crippen LogP contribution in [-0.2, 0) is 19.6 Å². The van der Waals surface area contributed by atoms with Crippen molar-refractivity contribution in [3.05, 3.63) is 24.3 Å². The second kappa shape index (κ2) is 9.32. The summed E-state index contributed by atoms with van der Waals surface area (Å²) in [4.78, 5) is 25.5. The van der Waals surface area contributed by atoms with Gasteiger partial charge in [0, 0.05) is 38.2 Å². The van der Waals surface area contributed by atoms with Gasteiger partial charge in [0.15, 0.2) is 0 Å². The van der Waals surface area contributed by atoms with E-state index in [0.29, 0.717) is 5.69 Å². The summed E-state index contributed by atoms with van der Waals surface area (Å²) >= 11 is 0. The number of piperidine rings is 1. The van der Waals surface area contributed by atoms with E-state index in [-0.39, 0.29) is 29.0 Å². The van der Waals surface area contributed by atoms with E-state index in [0.717, 1.165) is 32.4 Å². The van der Waals surface area contributed by atoms with Crippen molar-refractivity contribution in [1.82, 2.24) is 9.62 Å². The topological polar surface area (TPSA) is 95.6 Å². The van der Waals surface area contributed by atoms with Gasteiger partial charge >= 0.3 is 0 Å². The number of nitrogens with zero attached hydrogens (tertiary/aromatic N) is 1. The Morgan fingerprint density at radius 3 is 2.19 bits per heavy atom. The summed E-state index contributed by atoms with van der Waals surface area (Å²) in [5, 5.41) is 2.60. The second-order valence-corrected chi connectivity index (χ2v) is 9.04. The number of hydrogen-bond donors (Lipinski definition) is 2. The molecule has 0 bridgehead atoms. The number of benzene rings is 1. The monoisotopic (exact) mass is 395 g/mol. The molecule has 8 heteroatoms. The Bertz CT molecular complexity index is 754. The summed E-state index contributed by atoms with van der Waals surface area (Å²) in [6.45, 7) is 6.69. The molecule has 1 aliphatic rings. The lowest BCUT2D eigenvalue weighted by molar-refractivity contribution is -0.132. The maximum Gasteiger partial charge on any atom is 0.240 e. The third-order valence-corrected chi connectivity index (χ3v) is 6.21. The summed E-state index contributed by atoms with van der Waals surface area (Å²) in [6, 6.07) is 5.49. The predicted octanol–water partition coefficient (Wildman–Crippen LogP) is 2.35.